The zero-order valence-electron chi connectivity index (χ0n) is 9.19. The second kappa shape index (κ2) is 5.11. The molecule has 5 nitrogen and oxygen atoms in total. The Kier molecular flexibility index (Phi) is 4.08. The van der Waals surface area contributed by atoms with Crippen LogP contribution >= 0.6 is 0 Å². The van der Waals surface area contributed by atoms with Gasteiger partial charge in [0.2, 0.25) is 5.91 Å². The van der Waals surface area contributed by atoms with Crippen LogP contribution in [0, 0.1) is 5.92 Å². The molecule has 0 aromatic rings. The highest BCUT2D eigenvalue weighted by Gasteiger charge is 2.28. The molecule has 1 fully saturated rings. The van der Waals surface area contributed by atoms with Gasteiger partial charge in [-0.15, -0.1) is 0 Å². The largest absolute Gasteiger partial charge is 0.481 e. The number of nitrogens with one attached hydrogen (secondary N) is 1. The second-order valence-corrected chi connectivity index (χ2v) is 3.95. The summed E-state index contributed by atoms with van der Waals surface area (Å²) in [5, 5.41) is 11.7. The lowest BCUT2D eigenvalue weighted by Crippen LogP contribution is -2.47. The van der Waals surface area contributed by atoms with Gasteiger partial charge in [-0.25, -0.2) is 0 Å². The van der Waals surface area contributed by atoms with E-state index in [1.54, 1.807) is 11.9 Å². The number of rotatable bonds is 3. The van der Waals surface area contributed by atoms with Crippen LogP contribution in [0.4, 0.5) is 0 Å². The number of likely N-dealkylation sites (tertiary alicyclic amines) is 1. The van der Waals surface area contributed by atoms with Crippen LogP contribution in [-0.4, -0.2) is 48.1 Å². The average Bonchev–Trinajstić information content (AvgIpc) is 2.27. The summed E-state index contributed by atoms with van der Waals surface area (Å²) < 4.78 is 0. The number of likely N-dealkylation sites (N-methyl/N-ethyl adjacent to an activating group) is 1. The maximum absolute atomic E-state index is 11.7. The van der Waals surface area contributed by atoms with Crippen molar-refractivity contribution in [3.05, 3.63) is 0 Å². The second-order valence-electron chi connectivity index (χ2n) is 3.95. The molecule has 0 saturated carbocycles. The molecule has 2 N–H and O–H groups in total. The fraction of sp³-hybridized carbons (Fsp3) is 0.800. The van der Waals surface area contributed by atoms with Gasteiger partial charge in [-0.3, -0.25) is 9.59 Å². The number of carbonyl (C=O) groups excluding carboxylic acids is 1. The van der Waals surface area contributed by atoms with E-state index < -0.39 is 5.97 Å². The zero-order chi connectivity index (χ0) is 11.4. The number of nitrogens with zero attached hydrogens (tertiary/aromatic N) is 1. The smallest absolute Gasteiger partial charge is 0.306 e. The lowest BCUT2D eigenvalue weighted by molar-refractivity contribution is -0.146. The average molecular weight is 214 g/mol. The summed E-state index contributed by atoms with van der Waals surface area (Å²) in [7, 11) is 1.74. The van der Waals surface area contributed by atoms with Gasteiger partial charge in [-0.05, 0) is 26.8 Å². The molecule has 1 heterocycles. The Bertz CT molecular complexity index is 247. The molecule has 0 spiro atoms. The summed E-state index contributed by atoms with van der Waals surface area (Å²) in [6, 6.07) is -0.189. The van der Waals surface area contributed by atoms with Crippen molar-refractivity contribution >= 4 is 11.9 Å². The van der Waals surface area contributed by atoms with Crippen molar-refractivity contribution in [1.82, 2.24) is 10.2 Å². The summed E-state index contributed by atoms with van der Waals surface area (Å²) >= 11 is 0. The summed E-state index contributed by atoms with van der Waals surface area (Å²) in [6.07, 6.45) is 1.13. The molecular formula is C10H18N2O3. The van der Waals surface area contributed by atoms with Gasteiger partial charge >= 0.3 is 5.97 Å². The van der Waals surface area contributed by atoms with Crippen LogP contribution < -0.4 is 5.32 Å². The molecule has 86 valence electrons. The van der Waals surface area contributed by atoms with Gasteiger partial charge in [0.25, 0.3) is 0 Å². The maximum Gasteiger partial charge on any atom is 0.306 e. The minimum Gasteiger partial charge on any atom is -0.481 e. The third-order valence-corrected chi connectivity index (χ3v) is 2.96. The van der Waals surface area contributed by atoms with E-state index in [0.717, 1.165) is 0 Å². The fourth-order valence-corrected chi connectivity index (χ4v) is 1.74. The number of amides is 1. The topological polar surface area (TPSA) is 69.6 Å². The van der Waals surface area contributed by atoms with Crippen molar-refractivity contribution in [2.45, 2.75) is 25.8 Å². The Labute approximate surface area is 89.4 Å². The van der Waals surface area contributed by atoms with E-state index in [1.807, 2.05) is 6.92 Å². The lowest BCUT2D eigenvalue weighted by atomic mass is 9.97. The van der Waals surface area contributed by atoms with Crippen molar-refractivity contribution in [2.75, 3.05) is 20.1 Å². The predicted octanol–water partition coefficient (Wildman–Crippen LogP) is -0.0825. The number of hydrogen-bond acceptors (Lipinski definition) is 3. The predicted molar refractivity (Wildman–Crippen MR) is 55.5 cm³/mol. The van der Waals surface area contributed by atoms with E-state index in [2.05, 4.69) is 5.32 Å². The van der Waals surface area contributed by atoms with E-state index in [9.17, 15) is 9.59 Å². The van der Waals surface area contributed by atoms with E-state index in [0.29, 0.717) is 25.9 Å². The molecular weight excluding hydrogens is 196 g/mol. The van der Waals surface area contributed by atoms with Gasteiger partial charge in [-0.1, -0.05) is 0 Å². The fourth-order valence-electron chi connectivity index (χ4n) is 1.74. The van der Waals surface area contributed by atoms with Crippen LogP contribution in [0.25, 0.3) is 0 Å². The van der Waals surface area contributed by atoms with Gasteiger partial charge in [0.1, 0.15) is 0 Å². The van der Waals surface area contributed by atoms with E-state index in [1.165, 1.54) is 0 Å². The van der Waals surface area contributed by atoms with Gasteiger partial charge in [0.05, 0.1) is 12.0 Å². The quantitative estimate of drug-likeness (QED) is 0.689. The van der Waals surface area contributed by atoms with Crippen LogP contribution in [0.2, 0.25) is 0 Å². The summed E-state index contributed by atoms with van der Waals surface area (Å²) in [4.78, 5) is 24.2. The number of carboxylic acids is 1. The monoisotopic (exact) mass is 214 g/mol. The Balaban J connectivity index is 2.43. The highest BCUT2D eigenvalue weighted by atomic mass is 16.4. The number of hydrogen-bond donors (Lipinski definition) is 2. The van der Waals surface area contributed by atoms with E-state index in [4.69, 9.17) is 5.11 Å². The minimum atomic E-state index is -0.747. The highest BCUT2D eigenvalue weighted by Crippen LogP contribution is 2.17. The number of aliphatic carboxylic acids is 1. The Morgan fingerprint density at radius 2 is 1.93 bits per heavy atom. The first-order valence-corrected chi connectivity index (χ1v) is 5.25. The Hall–Kier alpha value is -1.10. The molecule has 1 rings (SSSR count). The molecule has 0 radical (unpaired) electrons. The summed E-state index contributed by atoms with van der Waals surface area (Å²) in [5.74, 6) is -0.968. The molecule has 1 aliphatic rings. The first-order valence-electron chi connectivity index (χ1n) is 5.25. The molecule has 0 aromatic carbocycles. The molecule has 0 aromatic heterocycles. The third kappa shape index (κ3) is 2.92. The number of carboxylic acid groups (broad SMARTS) is 1. The van der Waals surface area contributed by atoms with Crippen molar-refractivity contribution in [1.29, 1.82) is 0 Å². The molecule has 1 amide bonds. The third-order valence-electron chi connectivity index (χ3n) is 2.96. The van der Waals surface area contributed by atoms with Crippen LogP contribution in [0.1, 0.15) is 19.8 Å². The van der Waals surface area contributed by atoms with E-state index >= 15 is 0 Å². The van der Waals surface area contributed by atoms with Crippen LogP contribution in [0.5, 0.6) is 0 Å². The molecule has 1 aliphatic heterocycles. The minimum absolute atomic E-state index is 0.0568. The van der Waals surface area contributed by atoms with E-state index in [-0.39, 0.29) is 17.9 Å². The van der Waals surface area contributed by atoms with Crippen molar-refractivity contribution < 1.29 is 14.7 Å². The first kappa shape index (κ1) is 12.0. The summed E-state index contributed by atoms with van der Waals surface area (Å²) in [6.45, 7) is 2.93. The molecule has 1 unspecified atom stereocenters. The SMILES string of the molecule is CNC(C)C(=O)N1CCC(C(=O)O)CC1. The van der Waals surface area contributed by atoms with Crippen LogP contribution in [0.3, 0.4) is 0 Å². The summed E-state index contributed by atoms with van der Waals surface area (Å²) in [5.41, 5.74) is 0. The lowest BCUT2D eigenvalue weighted by Gasteiger charge is -2.31. The van der Waals surface area contributed by atoms with Crippen molar-refractivity contribution in [3.8, 4) is 0 Å². The van der Waals surface area contributed by atoms with Gasteiger partial charge in [-0.2, -0.15) is 0 Å². The zero-order valence-corrected chi connectivity index (χ0v) is 9.19. The molecule has 1 saturated heterocycles. The number of piperidine rings is 1. The maximum atomic E-state index is 11.7. The van der Waals surface area contributed by atoms with Crippen molar-refractivity contribution in [3.63, 3.8) is 0 Å². The van der Waals surface area contributed by atoms with Crippen LogP contribution in [-0.2, 0) is 9.59 Å². The number of carbonyl (C=O) groups is 2. The van der Waals surface area contributed by atoms with Gasteiger partial charge in [0.15, 0.2) is 0 Å². The normalized spacial score (nSPS) is 20.0. The molecule has 15 heavy (non-hydrogen) atoms. The first-order chi connectivity index (χ1) is 7.06. The molecule has 5 heteroatoms. The van der Waals surface area contributed by atoms with Crippen LogP contribution in [0.15, 0.2) is 0 Å². The Morgan fingerprint density at radius 3 is 2.33 bits per heavy atom. The Morgan fingerprint density at radius 1 is 1.40 bits per heavy atom. The molecule has 1 atom stereocenters. The van der Waals surface area contributed by atoms with Crippen molar-refractivity contribution in [2.24, 2.45) is 5.92 Å². The molecule has 0 bridgehead atoms. The molecule has 0 aliphatic carbocycles. The highest BCUT2D eigenvalue weighted by molar-refractivity contribution is 5.81. The standard InChI is InChI=1S/C10H18N2O3/c1-7(11-2)9(13)12-5-3-8(4-6-12)10(14)15/h7-8,11H,3-6H2,1-2H3,(H,14,15). The van der Waals surface area contributed by atoms with Gasteiger partial charge < -0.3 is 15.3 Å². The van der Waals surface area contributed by atoms with Gasteiger partial charge in [0, 0.05) is 13.1 Å².